The molecule has 1 rings (SSSR count). The quantitative estimate of drug-likeness (QED) is 0.679. The molecule has 0 aliphatic heterocycles. The van der Waals surface area contributed by atoms with Gasteiger partial charge >= 0.3 is 5.97 Å². The second-order valence-electron chi connectivity index (χ2n) is 5.52. The van der Waals surface area contributed by atoms with Crippen LogP contribution in [-0.2, 0) is 9.59 Å². The Balaban J connectivity index is 2.75. The highest BCUT2D eigenvalue weighted by Gasteiger charge is 2.46. The Morgan fingerprint density at radius 1 is 1.41 bits per heavy atom. The molecule has 0 aromatic carbocycles. The van der Waals surface area contributed by atoms with Crippen molar-refractivity contribution in [3.05, 3.63) is 0 Å². The third kappa shape index (κ3) is 2.60. The molecular formula is C12H22N2O3. The number of carboxylic acids is 1. The van der Waals surface area contributed by atoms with E-state index in [9.17, 15) is 14.7 Å². The molecular weight excluding hydrogens is 220 g/mol. The number of hydrogen-bond donors (Lipinski definition) is 3. The van der Waals surface area contributed by atoms with Crippen molar-refractivity contribution >= 4 is 11.9 Å². The molecule has 5 nitrogen and oxygen atoms in total. The molecule has 98 valence electrons. The normalized spacial score (nSPS) is 29.1. The summed E-state index contributed by atoms with van der Waals surface area (Å²) in [4.78, 5) is 23.3. The third-order valence-corrected chi connectivity index (χ3v) is 3.94. The van der Waals surface area contributed by atoms with E-state index in [1.165, 1.54) is 0 Å². The van der Waals surface area contributed by atoms with Crippen LogP contribution in [0.25, 0.3) is 0 Å². The number of carbonyl (C=O) groups is 2. The zero-order valence-corrected chi connectivity index (χ0v) is 11.0. The van der Waals surface area contributed by atoms with Gasteiger partial charge in [0.05, 0.1) is 11.0 Å². The fourth-order valence-corrected chi connectivity index (χ4v) is 2.11. The summed E-state index contributed by atoms with van der Waals surface area (Å²) in [6.07, 6.45) is 2.19. The summed E-state index contributed by atoms with van der Waals surface area (Å²) >= 11 is 0. The first-order valence-corrected chi connectivity index (χ1v) is 5.97. The number of nitrogens with one attached hydrogen (secondary N) is 2. The molecule has 0 saturated heterocycles. The largest absolute Gasteiger partial charge is 0.481 e. The van der Waals surface area contributed by atoms with Crippen molar-refractivity contribution in [2.45, 2.75) is 51.6 Å². The van der Waals surface area contributed by atoms with Crippen LogP contribution in [0.4, 0.5) is 0 Å². The van der Waals surface area contributed by atoms with Crippen molar-refractivity contribution in [3.63, 3.8) is 0 Å². The number of aliphatic carboxylic acids is 1. The summed E-state index contributed by atoms with van der Waals surface area (Å²) in [5.41, 5.74) is -1.51. The molecule has 2 unspecified atom stereocenters. The third-order valence-electron chi connectivity index (χ3n) is 3.94. The number of likely N-dealkylation sites (N-methyl/N-ethyl adjacent to an activating group) is 1. The van der Waals surface area contributed by atoms with E-state index in [1.54, 1.807) is 27.8 Å². The molecule has 1 fully saturated rings. The van der Waals surface area contributed by atoms with Gasteiger partial charge in [-0.3, -0.25) is 9.59 Å². The van der Waals surface area contributed by atoms with Crippen LogP contribution in [0.5, 0.6) is 0 Å². The molecule has 0 aromatic heterocycles. The van der Waals surface area contributed by atoms with Crippen LogP contribution in [-0.4, -0.2) is 35.6 Å². The molecule has 1 amide bonds. The van der Waals surface area contributed by atoms with Crippen molar-refractivity contribution in [1.29, 1.82) is 0 Å². The molecule has 1 saturated carbocycles. The maximum absolute atomic E-state index is 12.0. The maximum atomic E-state index is 12.0. The number of amides is 1. The summed E-state index contributed by atoms with van der Waals surface area (Å²) < 4.78 is 0. The van der Waals surface area contributed by atoms with Crippen molar-refractivity contribution in [3.8, 4) is 0 Å². The zero-order valence-electron chi connectivity index (χ0n) is 11.0. The van der Waals surface area contributed by atoms with Crippen LogP contribution in [0.1, 0.15) is 40.0 Å². The van der Waals surface area contributed by atoms with E-state index in [0.717, 1.165) is 12.8 Å². The Kier molecular flexibility index (Phi) is 3.81. The molecule has 0 bridgehead atoms. The molecule has 0 heterocycles. The van der Waals surface area contributed by atoms with Gasteiger partial charge in [-0.25, -0.2) is 0 Å². The number of rotatable bonds is 4. The van der Waals surface area contributed by atoms with E-state index < -0.39 is 16.9 Å². The van der Waals surface area contributed by atoms with Crippen molar-refractivity contribution < 1.29 is 14.7 Å². The Morgan fingerprint density at radius 3 is 2.47 bits per heavy atom. The van der Waals surface area contributed by atoms with Crippen LogP contribution >= 0.6 is 0 Å². The van der Waals surface area contributed by atoms with Gasteiger partial charge in [-0.1, -0.05) is 6.42 Å². The first-order valence-electron chi connectivity index (χ1n) is 5.97. The standard InChI is InChI=1S/C12H22N2O3/c1-11(2,13-4)9(15)14-8-6-5-7-12(8,3)10(16)17/h8,13H,5-7H2,1-4H3,(H,14,15)(H,16,17). The van der Waals surface area contributed by atoms with Gasteiger partial charge in [0.1, 0.15) is 0 Å². The Bertz CT molecular complexity index is 328. The summed E-state index contributed by atoms with van der Waals surface area (Å²) in [6, 6.07) is -0.278. The van der Waals surface area contributed by atoms with Crippen LogP contribution < -0.4 is 10.6 Å². The van der Waals surface area contributed by atoms with Gasteiger partial charge in [0, 0.05) is 6.04 Å². The fraction of sp³-hybridized carbons (Fsp3) is 0.833. The van der Waals surface area contributed by atoms with Gasteiger partial charge in [-0.2, -0.15) is 0 Å². The summed E-state index contributed by atoms with van der Waals surface area (Å²) in [5, 5.41) is 15.0. The van der Waals surface area contributed by atoms with Gasteiger partial charge in [-0.05, 0) is 40.7 Å². The minimum Gasteiger partial charge on any atom is -0.481 e. The summed E-state index contributed by atoms with van der Waals surface area (Å²) in [7, 11) is 1.71. The van der Waals surface area contributed by atoms with Gasteiger partial charge in [0.2, 0.25) is 5.91 Å². The van der Waals surface area contributed by atoms with Gasteiger partial charge in [0.15, 0.2) is 0 Å². The first-order chi connectivity index (χ1) is 7.74. The zero-order chi connectivity index (χ0) is 13.3. The highest BCUT2D eigenvalue weighted by molar-refractivity contribution is 5.86. The van der Waals surface area contributed by atoms with Gasteiger partial charge in [-0.15, -0.1) is 0 Å². The lowest BCUT2D eigenvalue weighted by Gasteiger charge is -2.31. The van der Waals surface area contributed by atoms with Crippen LogP contribution in [0.3, 0.4) is 0 Å². The van der Waals surface area contributed by atoms with E-state index in [1.807, 2.05) is 0 Å². The monoisotopic (exact) mass is 242 g/mol. The first kappa shape index (κ1) is 14.0. The average molecular weight is 242 g/mol. The maximum Gasteiger partial charge on any atom is 0.311 e. The van der Waals surface area contributed by atoms with E-state index >= 15 is 0 Å². The molecule has 3 N–H and O–H groups in total. The minimum absolute atomic E-state index is 0.153. The molecule has 5 heteroatoms. The van der Waals surface area contributed by atoms with E-state index in [0.29, 0.717) is 6.42 Å². The molecule has 0 aromatic rings. The second-order valence-corrected chi connectivity index (χ2v) is 5.52. The second kappa shape index (κ2) is 4.64. The average Bonchev–Trinajstić information content (AvgIpc) is 2.61. The lowest BCUT2D eigenvalue weighted by molar-refractivity contribution is -0.149. The molecule has 1 aliphatic carbocycles. The van der Waals surface area contributed by atoms with Crippen LogP contribution in [0, 0.1) is 5.41 Å². The Hall–Kier alpha value is -1.10. The summed E-state index contributed by atoms with van der Waals surface area (Å²) in [5.74, 6) is -0.984. The highest BCUT2D eigenvalue weighted by atomic mass is 16.4. The minimum atomic E-state index is -0.834. The lowest BCUT2D eigenvalue weighted by atomic mass is 9.84. The van der Waals surface area contributed by atoms with Crippen LogP contribution in [0.15, 0.2) is 0 Å². The number of carbonyl (C=O) groups excluding carboxylic acids is 1. The predicted molar refractivity (Wildman–Crippen MR) is 64.7 cm³/mol. The van der Waals surface area contributed by atoms with Crippen LogP contribution in [0.2, 0.25) is 0 Å². The van der Waals surface area contributed by atoms with Crippen molar-refractivity contribution in [2.75, 3.05) is 7.05 Å². The predicted octanol–water partition coefficient (Wildman–Crippen LogP) is 0.744. The highest BCUT2D eigenvalue weighted by Crippen LogP contribution is 2.38. The van der Waals surface area contributed by atoms with E-state index in [2.05, 4.69) is 10.6 Å². The molecule has 0 radical (unpaired) electrons. The van der Waals surface area contributed by atoms with Gasteiger partial charge < -0.3 is 15.7 Å². The smallest absolute Gasteiger partial charge is 0.311 e. The van der Waals surface area contributed by atoms with E-state index in [-0.39, 0.29) is 11.9 Å². The van der Waals surface area contributed by atoms with Crippen molar-refractivity contribution in [1.82, 2.24) is 10.6 Å². The Labute approximate surface area is 102 Å². The number of carboxylic acid groups (broad SMARTS) is 1. The molecule has 1 aliphatic rings. The molecule has 2 atom stereocenters. The summed E-state index contributed by atoms with van der Waals surface area (Å²) in [6.45, 7) is 5.25. The van der Waals surface area contributed by atoms with E-state index in [4.69, 9.17) is 0 Å². The molecule has 0 spiro atoms. The molecule has 17 heavy (non-hydrogen) atoms. The lowest BCUT2D eigenvalue weighted by Crippen LogP contribution is -2.56. The SMILES string of the molecule is CNC(C)(C)C(=O)NC1CCCC1(C)C(=O)O. The van der Waals surface area contributed by atoms with Gasteiger partial charge in [0.25, 0.3) is 0 Å². The topological polar surface area (TPSA) is 78.4 Å². The number of hydrogen-bond acceptors (Lipinski definition) is 3. The Morgan fingerprint density at radius 2 is 2.00 bits per heavy atom. The fourth-order valence-electron chi connectivity index (χ4n) is 2.11. The van der Waals surface area contributed by atoms with Crippen molar-refractivity contribution in [2.24, 2.45) is 5.41 Å².